The maximum absolute atomic E-state index is 12.6. The second-order valence-corrected chi connectivity index (χ2v) is 7.70. The topological polar surface area (TPSA) is 79.7 Å². The fraction of sp³-hybridized carbons (Fsp3) is 0.357. The third kappa shape index (κ3) is 3.55. The molecule has 2 atom stereocenters. The van der Waals surface area contributed by atoms with E-state index in [0.29, 0.717) is 16.6 Å². The highest BCUT2D eigenvalue weighted by atomic mass is 35.5. The van der Waals surface area contributed by atoms with Crippen LogP contribution >= 0.6 is 34.3 Å². The maximum Gasteiger partial charge on any atom is 0.334 e. The molecule has 0 spiro atoms. The van der Waals surface area contributed by atoms with Gasteiger partial charge in [0.25, 0.3) is 5.91 Å². The van der Waals surface area contributed by atoms with E-state index >= 15 is 0 Å². The number of carbonyl (C=O) groups is 2. The Morgan fingerprint density at radius 3 is 2.87 bits per heavy atom. The molecule has 1 amide bonds. The average Bonchev–Trinajstić information content (AvgIpc) is 3.14. The lowest BCUT2D eigenvalue weighted by Gasteiger charge is -2.34. The summed E-state index contributed by atoms with van der Waals surface area (Å²) in [7, 11) is 0. The molecule has 1 N–H and O–H groups in total. The van der Waals surface area contributed by atoms with E-state index in [1.165, 1.54) is 27.6 Å². The zero-order valence-corrected chi connectivity index (χ0v) is 14.5. The van der Waals surface area contributed by atoms with Gasteiger partial charge in [-0.1, -0.05) is 11.6 Å². The van der Waals surface area contributed by atoms with Crippen molar-refractivity contribution in [2.24, 2.45) is 0 Å². The molecule has 6 nitrogen and oxygen atoms in total. The molecule has 1 aliphatic heterocycles. The number of nitrogens with zero attached hydrogens (tertiary/aromatic N) is 2. The van der Waals surface area contributed by atoms with E-state index in [4.69, 9.17) is 21.4 Å². The molecule has 0 aromatic carbocycles. The molecule has 9 heteroatoms. The van der Waals surface area contributed by atoms with E-state index < -0.39 is 12.1 Å². The molecule has 2 aromatic rings. The van der Waals surface area contributed by atoms with Gasteiger partial charge in [0.05, 0.1) is 21.9 Å². The Balaban J connectivity index is 1.77. The SMILES string of the molecule is C[C@@H]1CN(C(=O)c2csc(-c3ccc(Cl)s3)n2)CC(C(=O)O)O1. The largest absolute Gasteiger partial charge is 0.479 e. The zero-order chi connectivity index (χ0) is 16.6. The molecule has 122 valence electrons. The van der Waals surface area contributed by atoms with E-state index in [1.54, 1.807) is 18.4 Å². The normalized spacial score (nSPS) is 21.4. The minimum atomic E-state index is -1.07. The van der Waals surface area contributed by atoms with Gasteiger partial charge in [-0.3, -0.25) is 4.79 Å². The van der Waals surface area contributed by atoms with Crippen LogP contribution < -0.4 is 0 Å². The number of hydrogen-bond donors (Lipinski definition) is 1. The molecule has 0 aliphatic carbocycles. The molecule has 0 bridgehead atoms. The lowest BCUT2D eigenvalue weighted by atomic mass is 10.2. The van der Waals surface area contributed by atoms with Crippen molar-refractivity contribution in [1.82, 2.24) is 9.88 Å². The number of aliphatic carboxylic acids is 1. The Hall–Kier alpha value is -1.48. The quantitative estimate of drug-likeness (QED) is 0.896. The summed E-state index contributed by atoms with van der Waals surface area (Å²) in [6.07, 6.45) is -1.33. The standard InChI is InChI=1S/C14H13ClN2O4S2/c1-7-4-17(5-9(21-7)14(19)20)13(18)8-6-22-12(16-8)10-2-3-11(15)23-10/h2-3,6-7,9H,4-5H2,1H3,(H,19,20)/t7-,9?/m1/s1. The molecule has 2 aromatic heterocycles. The summed E-state index contributed by atoms with van der Waals surface area (Å²) in [6, 6.07) is 3.64. The Morgan fingerprint density at radius 2 is 2.22 bits per heavy atom. The van der Waals surface area contributed by atoms with Gasteiger partial charge in [0.1, 0.15) is 10.7 Å². The van der Waals surface area contributed by atoms with Crippen LogP contribution in [0.3, 0.4) is 0 Å². The van der Waals surface area contributed by atoms with E-state index in [2.05, 4.69) is 4.98 Å². The summed E-state index contributed by atoms with van der Waals surface area (Å²) in [5.74, 6) is -1.35. The van der Waals surface area contributed by atoms with Crippen LogP contribution in [0.4, 0.5) is 0 Å². The fourth-order valence-electron chi connectivity index (χ4n) is 2.33. The number of aromatic nitrogens is 1. The number of ether oxygens (including phenoxy) is 1. The third-order valence-electron chi connectivity index (χ3n) is 3.33. The van der Waals surface area contributed by atoms with Gasteiger partial charge in [0, 0.05) is 11.9 Å². The predicted molar refractivity (Wildman–Crippen MR) is 88.3 cm³/mol. The van der Waals surface area contributed by atoms with Crippen molar-refractivity contribution in [3.05, 3.63) is 27.5 Å². The van der Waals surface area contributed by atoms with Crippen LogP contribution in [0, 0.1) is 0 Å². The second-order valence-electron chi connectivity index (χ2n) is 5.13. The molecule has 23 heavy (non-hydrogen) atoms. The van der Waals surface area contributed by atoms with Crippen LogP contribution in [-0.4, -0.2) is 52.2 Å². The fourth-order valence-corrected chi connectivity index (χ4v) is 4.24. The number of amides is 1. The van der Waals surface area contributed by atoms with Gasteiger partial charge in [-0.15, -0.1) is 22.7 Å². The van der Waals surface area contributed by atoms with Crippen molar-refractivity contribution in [2.75, 3.05) is 13.1 Å². The lowest BCUT2D eigenvalue weighted by Crippen LogP contribution is -2.51. The van der Waals surface area contributed by atoms with Crippen LogP contribution in [0.25, 0.3) is 9.88 Å². The van der Waals surface area contributed by atoms with Crippen LogP contribution in [0.2, 0.25) is 4.34 Å². The molecule has 1 fully saturated rings. The highest BCUT2D eigenvalue weighted by Gasteiger charge is 2.33. The second kappa shape index (κ2) is 6.56. The third-order valence-corrected chi connectivity index (χ3v) is 5.57. The van der Waals surface area contributed by atoms with Gasteiger partial charge in [0.15, 0.2) is 6.10 Å². The van der Waals surface area contributed by atoms with Crippen molar-refractivity contribution in [3.63, 3.8) is 0 Å². The molecular formula is C14H13ClN2O4S2. The van der Waals surface area contributed by atoms with Crippen molar-refractivity contribution in [3.8, 4) is 9.88 Å². The Morgan fingerprint density at radius 1 is 1.43 bits per heavy atom. The van der Waals surface area contributed by atoms with Gasteiger partial charge in [-0.2, -0.15) is 0 Å². The summed E-state index contributed by atoms with van der Waals surface area (Å²) in [4.78, 5) is 30.4. The molecule has 1 aliphatic rings. The summed E-state index contributed by atoms with van der Waals surface area (Å²) < 4.78 is 5.98. The molecule has 1 unspecified atom stereocenters. The van der Waals surface area contributed by atoms with Gasteiger partial charge in [0.2, 0.25) is 0 Å². The number of carboxylic acid groups (broad SMARTS) is 1. The number of hydrogen-bond acceptors (Lipinski definition) is 6. The Kier molecular flexibility index (Phi) is 4.67. The first kappa shape index (κ1) is 16.4. The van der Waals surface area contributed by atoms with Crippen molar-refractivity contribution < 1.29 is 19.4 Å². The average molecular weight is 373 g/mol. The number of thiophene rings is 1. The maximum atomic E-state index is 12.6. The number of carboxylic acids is 1. The van der Waals surface area contributed by atoms with Crippen LogP contribution in [-0.2, 0) is 9.53 Å². The minimum Gasteiger partial charge on any atom is -0.479 e. The Bertz CT molecular complexity index is 745. The first-order chi connectivity index (χ1) is 10.9. The van der Waals surface area contributed by atoms with Gasteiger partial charge in [-0.25, -0.2) is 9.78 Å². The predicted octanol–water partition coefficient (Wildman–Crippen LogP) is 2.84. The number of carbonyl (C=O) groups excluding carboxylic acids is 1. The van der Waals surface area contributed by atoms with Gasteiger partial charge in [-0.05, 0) is 19.1 Å². The minimum absolute atomic E-state index is 0.0240. The monoisotopic (exact) mass is 372 g/mol. The smallest absolute Gasteiger partial charge is 0.334 e. The van der Waals surface area contributed by atoms with Crippen LogP contribution in [0.1, 0.15) is 17.4 Å². The zero-order valence-electron chi connectivity index (χ0n) is 12.1. The van der Waals surface area contributed by atoms with E-state index in [1.807, 2.05) is 6.07 Å². The Labute approximate surface area is 145 Å². The van der Waals surface area contributed by atoms with Crippen molar-refractivity contribution in [1.29, 1.82) is 0 Å². The van der Waals surface area contributed by atoms with E-state index in [-0.39, 0.29) is 18.6 Å². The summed E-state index contributed by atoms with van der Waals surface area (Å²) in [6.45, 7) is 2.12. The highest BCUT2D eigenvalue weighted by molar-refractivity contribution is 7.23. The molecular weight excluding hydrogens is 360 g/mol. The molecule has 3 heterocycles. The number of morpholine rings is 1. The van der Waals surface area contributed by atoms with E-state index in [9.17, 15) is 9.59 Å². The van der Waals surface area contributed by atoms with Crippen LogP contribution in [0.5, 0.6) is 0 Å². The summed E-state index contributed by atoms with van der Waals surface area (Å²) in [5.41, 5.74) is 0.313. The van der Waals surface area contributed by atoms with Crippen molar-refractivity contribution >= 4 is 46.2 Å². The van der Waals surface area contributed by atoms with Crippen LogP contribution in [0.15, 0.2) is 17.5 Å². The van der Waals surface area contributed by atoms with Gasteiger partial charge >= 0.3 is 5.97 Å². The molecule has 0 radical (unpaired) electrons. The number of halogens is 1. The number of thiazole rings is 1. The number of rotatable bonds is 3. The first-order valence-corrected chi connectivity index (χ1v) is 8.90. The summed E-state index contributed by atoms with van der Waals surface area (Å²) in [5, 5.41) is 11.5. The lowest BCUT2D eigenvalue weighted by molar-refractivity contribution is -0.160. The van der Waals surface area contributed by atoms with E-state index in [0.717, 1.165) is 9.88 Å². The highest BCUT2D eigenvalue weighted by Crippen LogP contribution is 2.33. The molecule has 3 rings (SSSR count). The van der Waals surface area contributed by atoms with Crippen molar-refractivity contribution in [2.45, 2.75) is 19.1 Å². The molecule has 1 saturated heterocycles. The molecule has 0 saturated carbocycles. The van der Waals surface area contributed by atoms with Gasteiger partial charge < -0.3 is 14.7 Å². The first-order valence-electron chi connectivity index (χ1n) is 6.83. The summed E-state index contributed by atoms with van der Waals surface area (Å²) >= 11 is 8.67.